The molecular formula is C21H31F3N6. The van der Waals surface area contributed by atoms with Crippen molar-refractivity contribution in [3.8, 4) is 0 Å². The minimum absolute atomic E-state index is 0.168. The van der Waals surface area contributed by atoms with Crippen LogP contribution in [0.15, 0.2) is 35.6 Å². The normalized spacial score (nSPS) is 12.2. The van der Waals surface area contributed by atoms with Gasteiger partial charge in [0.1, 0.15) is 12.2 Å². The van der Waals surface area contributed by atoms with Crippen LogP contribution in [-0.2, 0) is 25.7 Å². The van der Waals surface area contributed by atoms with Crippen molar-refractivity contribution in [1.29, 1.82) is 0 Å². The molecule has 0 aliphatic heterocycles. The Bertz CT molecular complexity index is 785. The number of guanidine groups is 1. The van der Waals surface area contributed by atoms with E-state index in [0.29, 0.717) is 24.6 Å². The van der Waals surface area contributed by atoms with Gasteiger partial charge in [-0.15, -0.1) is 10.2 Å². The van der Waals surface area contributed by atoms with Gasteiger partial charge in [-0.1, -0.05) is 45.2 Å². The Hall–Kier alpha value is -2.58. The van der Waals surface area contributed by atoms with Crippen LogP contribution in [0.4, 0.5) is 13.2 Å². The molecule has 2 aromatic rings. The smallest absolute Gasteiger partial charge is 0.356 e. The van der Waals surface area contributed by atoms with E-state index < -0.39 is 11.7 Å². The molecule has 1 aromatic carbocycles. The van der Waals surface area contributed by atoms with E-state index in [1.165, 1.54) is 12.5 Å². The summed E-state index contributed by atoms with van der Waals surface area (Å²) in [6.45, 7) is 6.40. The first-order chi connectivity index (χ1) is 14.4. The summed E-state index contributed by atoms with van der Waals surface area (Å²) < 4.78 is 40.7. The molecule has 2 N–H and O–H groups in total. The van der Waals surface area contributed by atoms with Crippen molar-refractivity contribution >= 4 is 5.96 Å². The topological polar surface area (TPSA) is 67.1 Å². The molecule has 0 aliphatic rings. The second kappa shape index (κ2) is 12.2. The van der Waals surface area contributed by atoms with Gasteiger partial charge in [-0.2, -0.15) is 13.2 Å². The number of hydrogen-bond acceptors (Lipinski definition) is 3. The van der Waals surface area contributed by atoms with Crippen LogP contribution in [0, 0.1) is 0 Å². The maximum Gasteiger partial charge on any atom is 0.416 e. The van der Waals surface area contributed by atoms with Crippen LogP contribution in [0.2, 0.25) is 0 Å². The molecule has 1 heterocycles. The van der Waals surface area contributed by atoms with Gasteiger partial charge in [0.2, 0.25) is 0 Å². The van der Waals surface area contributed by atoms with Gasteiger partial charge in [0.05, 0.1) is 12.1 Å². The van der Waals surface area contributed by atoms with Crippen molar-refractivity contribution in [2.24, 2.45) is 4.99 Å². The third kappa shape index (κ3) is 8.04. The summed E-state index contributed by atoms with van der Waals surface area (Å²) in [5.74, 6) is 1.50. The Morgan fingerprint density at radius 3 is 2.63 bits per heavy atom. The zero-order valence-electron chi connectivity index (χ0n) is 17.7. The zero-order valence-corrected chi connectivity index (χ0v) is 17.7. The fraction of sp³-hybridized carbons (Fsp3) is 0.571. The van der Waals surface area contributed by atoms with Gasteiger partial charge in [0.25, 0.3) is 0 Å². The number of hydrogen-bond donors (Lipinski definition) is 2. The number of rotatable bonds is 11. The second-order valence-electron chi connectivity index (χ2n) is 7.07. The first-order valence-electron chi connectivity index (χ1n) is 10.5. The van der Waals surface area contributed by atoms with Crippen LogP contribution in [-0.4, -0.2) is 33.8 Å². The summed E-state index contributed by atoms with van der Waals surface area (Å²) in [5, 5.41) is 14.5. The van der Waals surface area contributed by atoms with Crippen molar-refractivity contribution in [3.05, 3.63) is 47.5 Å². The van der Waals surface area contributed by atoms with Crippen molar-refractivity contribution in [2.45, 2.75) is 65.2 Å². The summed E-state index contributed by atoms with van der Waals surface area (Å²) in [6, 6.07) is 5.29. The standard InChI is InChI=1S/C21H31F3N6/c1-3-5-6-7-11-25-20(26-12-13-30-16-28-29-19(30)4-2)27-15-17-9-8-10-18(14-17)21(22,23)24/h8-10,14,16H,3-7,11-13,15H2,1-2H3,(H2,25,26,27). The van der Waals surface area contributed by atoms with Crippen molar-refractivity contribution in [2.75, 3.05) is 13.1 Å². The highest BCUT2D eigenvalue weighted by molar-refractivity contribution is 5.79. The number of nitrogens with one attached hydrogen (secondary N) is 2. The largest absolute Gasteiger partial charge is 0.416 e. The van der Waals surface area contributed by atoms with Gasteiger partial charge >= 0.3 is 6.18 Å². The van der Waals surface area contributed by atoms with Crippen molar-refractivity contribution in [3.63, 3.8) is 0 Å². The summed E-state index contributed by atoms with van der Waals surface area (Å²) in [6.07, 6.45) is 2.62. The van der Waals surface area contributed by atoms with E-state index >= 15 is 0 Å². The lowest BCUT2D eigenvalue weighted by atomic mass is 10.1. The van der Waals surface area contributed by atoms with Crippen LogP contribution in [0.3, 0.4) is 0 Å². The molecule has 0 unspecified atom stereocenters. The van der Waals surface area contributed by atoms with E-state index in [2.05, 4.69) is 32.7 Å². The molecule has 30 heavy (non-hydrogen) atoms. The third-order valence-electron chi connectivity index (χ3n) is 4.65. The summed E-state index contributed by atoms with van der Waals surface area (Å²) in [4.78, 5) is 4.48. The molecule has 0 spiro atoms. The second-order valence-corrected chi connectivity index (χ2v) is 7.07. The molecule has 6 nitrogen and oxygen atoms in total. The van der Waals surface area contributed by atoms with Crippen LogP contribution < -0.4 is 10.6 Å². The highest BCUT2D eigenvalue weighted by atomic mass is 19.4. The molecule has 0 bridgehead atoms. The lowest BCUT2D eigenvalue weighted by Gasteiger charge is -2.14. The fourth-order valence-electron chi connectivity index (χ4n) is 2.98. The number of halogens is 3. The third-order valence-corrected chi connectivity index (χ3v) is 4.65. The summed E-state index contributed by atoms with van der Waals surface area (Å²) >= 11 is 0. The molecule has 166 valence electrons. The average Bonchev–Trinajstić information content (AvgIpc) is 3.18. The number of alkyl halides is 3. The maximum absolute atomic E-state index is 12.9. The van der Waals surface area contributed by atoms with E-state index in [-0.39, 0.29) is 6.54 Å². The summed E-state index contributed by atoms with van der Waals surface area (Å²) in [5.41, 5.74) is -0.138. The number of aryl methyl sites for hydroxylation is 1. The average molecular weight is 425 g/mol. The summed E-state index contributed by atoms with van der Waals surface area (Å²) in [7, 11) is 0. The zero-order chi connectivity index (χ0) is 21.8. The van der Waals surface area contributed by atoms with Gasteiger partial charge < -0.3 is 15.2 Å². The van der Waals surface area contributed by atoms with Crippen molar-refractivity contribution < 1.29 is 13.2 Å². The van der Waals surface area contributed by atoms with Crippen molar-refractivity contribution in [1.82, 2.24) is 25.4 Å². The van der Waals surface area contributed by atoms with Gasteiger partial charge in [-0.05, 0) is 24.1 Å². The van der Waals surface area contributed by atoms with E-state index in [1.54, 1.807) is 12.4 Å². The van der Waals surface area contributed by atoms with Crippen LogP contribution in [0.5, 0.6) is 0 Å². The SMILES string of the molecule is CCCCCCNC(=NCc1cccc(C(F)(F)F)c1)NCCn1cnnc1CC. The Balaban J connectivity index is 1.97. The molecule has 0 atom stereocenters. The molecule has 0 radical (unpaired) electrons. The van der Waals surface area contributed by atoms with E-state index in [0.717, 1.165) is 50.2 Å². The van der Waals surface area contributed by atoms with Crippen LogP contribution in [0.1, 0.15) is 56.5 Å². The minimum atomic E-state index is -4.35. The van der Waals surface area contributed by atoms with Gasteiger partial charge in [-0.3, -0.25) is 0 Å². The molecule has 1 aromatic heterocycles. The Labute approximate surface area is 176 Å². The molecule has 9 heteroatoms. The monoisotopic (exact) mass is 424 g/mol. The maximum atomic E-state index is 12.9. The number of nitrogens with zero attached hydrogens (tertiary/aromatic N) is 4. The fourth-order valence-corrected chi connectivity index (χ4v) is 2.98. The van der Waals surface area contributed by atoms with Gasteiger partial charge in [-0.25, -0.2) is 4.99 Å². The molecule has 0 amide bonds. The predicted molar refractivity (Wildman–Crippen MR) is 112 cm³/mol. The Morgan fingerprint density at radius 1 is 1.10 bits per heavy atom. The molecule has 0 saturated carbocycles. The van der Waals surface area contributed by atoms with E-state index in [4.69, 9.17) is 0 Å². The first kappa shape index (κ1) is 23.7. The van der Waals surface area contributed by atoms with Gasteiger partial charge in [0.15, 0.2) is 5.96 Å². The van der Waals surface area contributed by atoms with E-state index in [1.807, 2.05) is 11.5 Å². The Kier molecular flexibility index (Phi) is 9.63. The molecule has 0 fully saturated rings. The molecule has 2 rings (SSSR count). The minimum Gasteiger partial charge on any atom is -0.356 e. The molecule has 0 aliphatic carbocycles. The Morgan fingerprint density at radius 2 is 1.90 bits per heavy atom. The highest BCUT2D eigenvalue weighted by Crippen LogP contribution is 2.29. The number of aromatic nitrogens is 3. The molecule has 0 saturated heterocycles. The van der Waals surface area contributed by atoms with E-state index in [9.17, 15) is 13.2 Å². The quantitative estimate of drug-likeness (QED) is 0.323. The highest BCUT2D eigenvalue weighted by Gasteiger charge is 2.30. The van der Waals surface area contributed by atoms with Gasteiger partial charge in [0, 0.05) is 26.1 Å². The van der Waals surface area contributed by atoms with Crippen LogP contribution in [0.25, 0.3) is 0 Å². The lowest BCUT2D eigenvalue weighted by molar-refractivity contribution is -0.137. The number of aliphatic imine (C=N–C) groups is 1. The van der Waals surface area contributed by atoms with Crippen LogP contribution >= 0.6 is 0 Å². The number of unbranched alkanes of at least 4 members (excludes halogenated alkanes) is 3. The number of benzene rings is 1. The molecular weight excluding hydrogens is 393 g/mol. The first-order valence-corrected chi connectivity index (χ1v) is 10.5. The lowest BCUT2D eigenvalue weighted by Crippen LogP contribution is -2.39. The predicted octanol–water partition coefficient (Wildman–Crippen LogP) is 4.18.